The van der Waals surface area contributed by atoms with Gasteiger partial charge in [0, 0.05) is 6.20 Å². The number of hydrogen-bond donors (Lipinski definition) is 2. The lowest BCUT2D eigenvalue weighted by Gasteiger charge is -2.24. The maximum absolute atomic E-state index is 12.4. The fourth-order valence-electron chi connectivity index (χ4n) is 2.36. The van der Waals surface area contributed by atoms with Crippen molar-refractivity contribution in [2.75, 3.05) is 0 Å². The molecule has 0 saturated carbocycles. The molecule has 2 amide bonds. The van der Waals surface area contributed by atoms with Crippen LogP contribution in [0.2, 0.25) is 5.02 Å². The molecule has 6 nitrogen and oxygen atoms in total. The van der Waals surface area contributed by atoms with Crippen molar-refractivity contribution in [1.29, 1.82) is 0 Å². The van der Waals surface area contributed by atoms with Crippen molar-refractivity contribution in [1.82, 2.24) is 15.2 Å². The summed E-state index contributed by atoms with van der Waals surface area (Å²) in [5.41, 5.74) is 3.59. The topological polar surface area (TPSA) is 78.5 Å². The summed E-state index contributed by atoms with van der Waals surface area (Å²) in [6, 6.07) is 14.0. The normalized spacial score (nSPS) is 16.7. The highest BCUT2D eigenvalue weighted by Crippen LogP contribution is 2.25. The van der Waals surface area contributed by atoms with Gasteiger partial charge in [-0.1, -0.05) is 54.1 Å². The summed E-state index contributed by atoms with van der Waals surface area (Å²) in [5.74, 6) is 0. The number of rotatable bonds is 3. The fourth-order valence-corrected chi connectivity index (χ4v) is 3.82. The number of urea groups is 1. The average Bonchev–Trinajstić information content (AvgIpc) is 3.05. The monoisotopic (exact) mass is 363 g/mol. The van der Waals surface area contributed by atoms with Gasteiger partial charge in [0.15, 0.2) is 0 Å². The first-order valence-electron chi connectivity index (χ1n) is 7.07. The Morgan fingerprint density at radius 2 is 1.75 bits per heavy atom. The third-order valence-corrected chi connectivity index (χ3v) is 5.30. The Bertz CT molecular complexity index is 884. The van der Waals surface area contributed by atoms with E-state index in [0.717, 1.165) is 5.56 Å². The lowest BCUT2D eigenvalue weighted by atomic mass is 10.1. The summed E-state index contributed by atoms with van der Waals surface area (Å²) >= 11 is 5.90. The van der Waals surface area contributed by atoms with Gasteiger partial charge in [-0.3, -0.25) is 0 Å². The molecule has 2 aromatic rings. The Morgan fingerprint density at radius 1 is 1.08 bits per heavy atom. The molecule has 1 unspecified atom stereocenters. The Hall–Kier alpha value is -2.51. The first kappa shape index (κ1) is 16.4. The van der Waals surface area contributed by atoms with E-state index in [-0.39, 0.29) is 9.92 Å². The van der Waals surface area contributed by atoms with E-state index in [2.05, 4.69) is 5.43 Å². The van der Waals surface area contributed by atoms with E-state index >= 15 is 0 Å². The second-order valence-electron chi connectivity index (χ2n) is 5.05. The summed E-state index contributed by atoms with van der Waals surface area (Å²) in [4.78, 5) is 12.3. The number of carbonyl (C=O) groups is 1. The molecule has 0 bridgehead atoms. The summed E-state index contributed by atoms with van der Waals surface area (Å²) in [6.45, 7) is 0. The molecule has 24 heavy (non-hydrogen) atoms. The number of hydrazine groups is 1. The molecule has 0 radical (unpaired) electrons. The number of hydrogen-bond acceptors (Lipinski definition) is 4. The zero-order valence-electron chi connectivity index (χ0n) is 12.4. The minimum atomic E-state index is -4.07. The van der Waals surface area contributed by atoms with Crippen molar-refractivity contribution in [3.63, 3.8) is 0 Å². The Labute approximate surface area is 144 Å². The van der Waals surface area contributed by atoms with Crippen LogP contribution in [-0.2, 0) is 10.0 Å². The van der Waals surface area contributed by atoms with Gasteiger partial charge < -0.3 is 5.43 Å². The van der Waals surface area contributed by atoms with E-state index < -0.39 is 22.1 Å². The Balaban J connectivity index is 1.81. The van der Waals surface area contributed by atoms with Crippen LogP contribution in [0.3, 0.4) is 0 Å². The van der Waals surface area contributed by atoms with Gasteiger partial charge in [-0.15, -0.1) is 0 Å². The molecule has 1 aliphatic rings. The van der Waals surface area contributed by atoms with Crippen LogP contribution in [0.1, 0.15) is 11.6 Å². The molecule has 124 valence electrons. The average molecular weight is 364 g/mol. The minimum Gasteiger partial charge on any atom is -0.301 e. The second-order valence-corrected chi connectivity index (χ2v) is 7.11. The zero-order valence-corrected chi connectivity index (χ0v) is 14.0. The van der Waals surface area contributed by atoms with E-state index in [4.69, 9.17) is 11.6 Å². The van der Waals surface area contributed by atoms with Gasteiger partial charge in [-0.25, -0.2) is 22.9 Å². The molecule has 2 aromatic carbocycles. The molecule has 0 saturated heterocycles. The van der Waals surface area contributed by atoms with Crippen LogP contribution in [0.25, 0.3) is 0 Å². The molecule has 8 heteroatoms. The number of amides is 2. The predicted octanol–water partition coefficient (Wildman–Crippen LogP) is 2.81. The van der Waals surface area contributed by atoms with Crippen molar-refractivity contribution >= 4 is 27.7 Å². The van der Waals surface area contributed by atoms with Crippen LogP contribution in [0.5, 0.6) is 0 Å². The maximum Gasteiger partial charge on any atom is 0.350 e. The van der Waals surface area contributed by atoms with E-state index in [9.17, 15) is 13.2 Å². The van der Waals surface area contributed by atoms with E-state index in [0.29, 0.717) is 0 Å². The standard InChI is InChI=1S/C16H14ClN3O3S/c17-13-8-4-5-9-15(13)24(22,23)19-16(21)20-14(10-11-18-20)12-6-2-1-3-7-12/h1-11,14,18H,(H,19,21). The lowest BCUT2D eigenvalue weighted by molar-refractivity contribution is 0.181. The molecular formula is C16H14ClN3O3S. The molecule has 0 aliphatic carbocycles. The van der Waals surface area contributed by atoms with Gasteiger partial charge in [0.25, 0.3) is 10.0 Å². The van der Waals surface area contributed by atoms with Gasteiger partial charge in [-0.05, 0) is 23.8 Å². The summed E-state index contributed by atoms with van der Waals surface area (Å²) in [6.07, 6.45) is 3.34. The van der Waals surface area contributed by atoms with Crippen LogP contribution in [0.15, 0.2) is 71.8 Å². The Morgan fingerprint density at radius 3 is 2.46 bits per heavy atom. The molecule has 0 fully saturated rings. The molecule has 1 heterocycles. The van der Waals surface area contributed by atoms with Crippen LogP contribution in [0, 0.1) is 0 Å². The highest BCUT2D eigenvalue weighted by molar-refractivity contribution is 7.90. The second kappa shape index (κ2) is 6.54. The molecular weight excluding hydrogens is 350 g/mol. The minimum absolute atomic E-state index is 0.0462. The molecule has 1 aliphatic heterocycles. The number of carbonyl (C=O) groups excluding carboxylic acids is 1. The molecule has 1 atom stereocenters. The van der Waals surface area contributed by atoms with Crippen LogP contribution in [-0.4, -0.2) is 19.5 Å². The number of nitrogens with zero attached hydrogens (tertiary/aromatic N) is 1. The number of halogens is 1. The van der Waals surface area contributed by atoms with Gasteiger partial charge in [0.2, 0.25) is 0 Å². The van der Waals surface area contributed by atoms with Crippen molar-refractivity contribution in [3.05, 3.63) is 77.5 Å². The smallest absolute Gasteiger partial charge is 0.301 e. The number of benzene rings is 2. The van der Waals surface area contributed by atoms with Crippen LogP contribution in [0.4, 0.5) is 4.79 Å². The van der Waals surface area contributed by atoms with Gasteiger partial charge in [-0.2, -0.15) is 0 Å². The van der Waals surface area contributed by atoms with E-state index in [1.165, 1.54) is 23.2 Å². The highest BCUT2D eigenvalue weighted by Gasteiger charge is 2.30. The SMILES string of the molecule is O=C(NS(=O)(=O)c1ccccc1Cl)N1NC=CC1c1ccccc1. The summed E-state index contributed by atoms with van der Waals surface area (Å²) in [7, 11) is -4.07. The first-order chi connectivity index (χ1) is 11.5. The quantitative estimate of drug-likeness (QED) is 0.879. The summed E-state index contributed by atoms with van der Waals surface area (Å²) < 4.78 is 26.8. The summed E-state index contributed by atoms with van der Waals surface area (Å²) in [5, 5.41) is 1.24. The number of nitrogens with one attached hydrogen (secondary N) is 2. The first-order valence-corrected chi connectivity index (χ1v) is 8.93. The largest absolute Gasteiger partial charge is 0.350 e. The highest BCUT2D eigenvalue weighted by atomic mass is 35.5. The third-order valence-electron chi connectivity index (χ3n) is 3.48. The van der Waals surface area contributed by atoms with Gasteiger partial charge in [0.05, 0.1) is 11.1 Å². The molecule has 2 N–H and O–H groups in total. The maximum atomic E-state index is 12.4. The van der Waals surface area contributed by atoms with Gasteiger partial charge in [0.1, 0.15) is 4.90 Å². The van der Waals surface area contributed by atoms with Crippen LogP contribution < -0.4 is 10.1 Å². The molecule has 3 rings (SSSR count). The van der Waals surface area contributed by atoms with Crippen molar-refractivity contribution in [3.8, 4) is 0 Å². The molecule has 0 spiro atoms. The van der Waals surface area contributed by atoms with Crippen molar-refractivity contribution in [2.24, 2.45) is 0 Å². The Kier molecular flexibility index (Phi) is 4.46. The van der Waals surface area contributed by atoms with Crippen LogP contribution >= 0.6 is 11.6 Å². The molecule has 0 aromatic heterocycles. The van der Waals surface area contributed by atoms with Gasteiger partial charge >= 0.3 is 6.03 Å². The third kappa shape index (κ3) is 3.22. The predicted molar refractivity (Wildman–Crippen MR) is 90.5 cm³/mol. The van der Waals surface area contributed by atoms with E-state index in [1.54, 1.807) is 18.3 Å². The van der Waals surface area contributed by atoms with E-state index in [1.807, 2.05) is 35.1 Å². The number of sulfonamides is 1. The lowest BCUT2D eigenvalue weighted by Crippen LogP contribution is -2.47. The van der Waals surface area contributed by atoms with Crippen molar-refractivity contribution in [2.45, 2.75) is 10.9 Å². The zero-order chi connectivity index (χ0) is 17.2. The van der Waals surface area contributed by atoms with Crippen molar-refractivity contribution < 1.29 is 13.2 Å². The fraction of sp³-hybridized carbons (Fsp3) is 0.0625.